The average Bonchev–Trinajstić information content (AvgIpc) is 3.48. The number of nitrogens with zero attached hydrogens (tertiary/aromatic N) is 5. The second-order valence-electron chi connectivity index (χ2n) is 7.11. The average molecular weight is 355 g/mol. The maximum atomic E-state index is 4.72. The molecule has 4 aromatic rings. The molecule has 1 fully saturated rings. The van der Waals surface area contributed by atoms with Crippen molar-refractivity contribution in [3.8, 4) is 11.1 Å². The first-order valence-corrected chi connectivity index (χ1v) is 9.38. The van der Waals surface area contributed by atoms with Crippen LogP contribution in [0.2, 0.25) is 0 Å². The summed E-state index contributed by atoms with van der Waals surface area (Å²) in [6, 6.07) is 17.0. The highest BCUT2D eigenvalue weighted by molar-refractivity contribution is 5.76. The van der Waals surface area contributed by atoms with E-state index in [9.17, 15) is 0 Å². The van der Waals surface area contributed by atoms with Gasteiger partial charge in [0.05, 0.1) is 11.9 Å². The van der Waals surface area contributed by atoms with Crippen molar-refractivity contribution in [3.63, 3.8) is 0 Å². The molecule has 0 saturated heterocycles. The Hall–Kier alpha value is -3.05. The van der Waals surface area contributed by atoms with Crippen LogP contribution in [0.1, 0.15) is 24.1 Å². The molecule has 3 heterocycles. The predicted octanol–water partition coefficient (Wildman–Crippen LogP) is 3.96. The zero-order chi connectivity index (χ0) is 18.1. The molecule has 1 saturated carbocycles. The molecule has 0 N–H and O–H groups in total. The van der Waals surface area contributed by atoms with Crippen molar-refractivity contribution >= 4 is 5.65 Å². The summed E-state index contributed by atoms with van der Waals surface area (Å²) in [7, 11) is 0. The van der Waals surface area contributed by atoms with Crippen molar-refractivity contribution in [2.45, 2.75) is 32.0 Å². The normalized spacial score (nSPS) is 14.1. The standard InChI is InChI=1S/C22H21N5/c1-2-6-18(7-3-1)21-13-25-27-15-17(12-24-22(21)27)14-26(20-9-10-20)16-19-8-4-5-11-23-19/h1-8,11-13,15,20H,9-10,14,16H2. The lowest BCUT2D eigenvalue weighted by molar-refractivity contribution is 0.242. The minimum atomic E-state index is 0.653. The van der Waals surface area contributed by atoms with E-state index in [0.717, 1.165) is 35.6 Å². The lowest BCUT2D eigenvalue weighted by Crippen LogP contribution is -2.25. The Morgan fingerprint density at radius 3 is 2.56 bits per heavy atom. The third-order valence-electron chi connectivity index (χ3n) is 5.03. The maximum absolute atomic E-state index is 4.72. The minimum absolute atomic E-state index is 0.653. The molecule has 1 aliphatic rings. The van der Waals surface area contributed by atoms with E-state index < -0.39 is 0 Å². The number of rotatable bonds is 6. The highest BCUT2D eigenvalue weighted by Gasteiger charge is 2.29. The number of pyridine rings is 1. The van der Waals surface area contributed by atoms with E-state index in [4.69, 9.17) is 4.98 Å². The molecule has 0 bridgehead atoms. The first-order chi connectivity index (χ1) is 13.4. The van der Waals surface area contributed by atoms with E-state index in [-0.39, 0.29) is 0 Å². The van der Waals surface area contributed by atoms with Gasteiger partial charge >= 0.3 is 0 Å². The van der Waals surface area contributed by atoms with Crippen LogP contribution < -0.4 is 0 Å². The molecule has 5 rings (SSSR count). The van der Waals surface area contributed by atoms with Gasteiger partial charge in [0.15, 0.2) is 5.65 Å². The van der Waals surface area contributed by atoms with Crippen LogP contribution in [0.15, 0.2) is 73.3 Å². The summed E-state index contributed by atoms with van der Waals surface area (Å²) in [6.45, 7) is 1.74. The van der Waals surface area contributed by atoms with Gasteiger partial charge in [0, 0.05) is 48.8 Å². The van der Waals surface area contributed by atoms with E-state index in [0.29, 0.717) is 6.04 Å². The van der Waals surface area contributed by atoms with Crippen LogP contribution in [0.4, 0.5) is 0 Å². The van der Waals surface area contributed by atoms with Crippen LogP contribution in [-0.4, -0.2) is 30.5 Å². The van der Waals surface area contributed by atoms with Gasteiger partial charge in [-0.2, -0.15) is 5.10 Å². The molecule has 1 aromatic carbocycles. The smallest absolute Gasteiger partial charge is 0.162 e. The highest BCUT2D eigenvalue weighted by Crippen LogP contribution is 2.30. The molecular weight excluding hydrogens is 334 g/mol. The lowest BCUT2D eigenvalue weighted by Gasteiger charge is -2.21. The molecule has 0 aliphatic heterocycles. The Labute approximate surface area is 158 Å². The topological polar surface area (TPSA) is 46.3 Å². The van der Waals surface area contributed by atoms with Gasteiger partial charge in [-0.25, -0.2) is 9.50 Å². The van der Waals surface area contributed by atoms with Gasteiger partial charge in [0.1, 0.15) is 0 Å². The summed E-state index contributed by atoms with van der Waals surface area (Å²) in [5.74, 6) is 0. The largest absolute Gasteiger partial charge is 0.290 e. The molecule has 134 valence electrons. The number of aromatic nitrogens is 4. The Morgan fingerprint density at radius 1 is 0.926 bits per heavy atom. The molecule has 0 atom stereocenters. The molecule has 0 unspecified atom stereocenters. The molecular formula is C22H21N5. The Balaban J connectivity index is 1.40. The van der Waals surface area contributed by atoms with E-state index >= 15 is 0 Å². The van der Waals surface area contributed by atoms with Crippen molar-refractivity contribution in [3.05, 3.63) is 84.6 Å². The second kappa shape index (κ2) is 6.93. The van der Waals surface area contributed by atoms with Crippen LogP contribution in [0.5, 0.6) is 0 Å². The maximum Gasteiger partial charge on any atom is 0.162 e. The van der Waals surface area contributed by atoms with Gasteiger partial charge in [-0.1, -0.05) is 36.4 Å². The van der Waals surface area contributed by atoms with Gasteiger partial charge < -0.3 is 0 Å². The summed E-state index contributed by atoms with van der Waals surface area (Å²) in [5, 5.41) is 4.53. The van der Waals surface area contributed by atoms with Gasteiger partial charge in [-0.05, 0) is 30.5 Å². The zero-order valence-corrected chi connectivity index (χ0v) is 15.1. The fourth-order valence-corrected chi connectivity index (χ4v) is 3.50. The second-order valence-corrected chi connectivity index (χ2v) is 7.11. The number of hydrogen-bond acceptors (Lipinski definition) is 4. The summed E-state index contributed by atoms with van der Waals surface area (Å²) in [6.07, 6.45) is 10.4. The SMILES string of the molecule is c1ccc(-c2cnn3cc(CN(Cc4ccccn4)C4CC4)cnc23)cc1. The third kappa shape index (κ3) is 3.46. The Bertz CT molecular complexity index is 1040. The number of hydrogen-bond donors (Lipinski definition) is 0. The first-order valence-electron chi connectivity index (χ1n) is 9.38. The molecule has 0 radical (unpaired) electrons. The predicted molar refractivity (Wildman–Crippen MR) is 105 cm³/mol. The van der Waals surface area contributed by atoms with Gasteiger partial charge in [0.25, 0.3) is 0 Å². The molecule has 5 nitrogen and oxygen atoms in total. The molecule has 5 heteroatoms. The van der Waals surface area contributed by atoms with Crippen LogP contribution in [-0.2, 0) is 13.1 Å². The highest BCUT2D eigenvalue weighted by atomic mass is 15.2. The Kier molecular flexibility index (Phi) is 4.14. The van der Waals surface area contributed by atoms with Crippen LogP contribution in [0.3, 0.4) is 0 Å². The monoisotopic (exact) mass is 355 g/mol. The summed E-state index contributed by atoms with van der Waals surface area (Å²) in [5.41, 5.74) is 5.39. The van der Waals surface area contributed by atoms with E-state index in [1.165, 1.54) is 18.4 Å². The van der Waals surface area contributed by atoms with E-state index in [2.05, 4.69) is 45.4 Å². The molecule has 0 spiro atoms. The first kappa shape index (κ1) is 16.1. The zero-order valence-electron chi connectivity index (χ0n) is 15.1. The summed E-state index contributed by atoms with van der Waals surface area (Å²) in [4.78, 5) is 11.7. The minimum Gasteiger partial charge on any atom is -0.290 e. The summed E-state index contributed by atoms with van der Waals surface area (Å²) >= 11 is 0. The Morgan fingerprint density at radius 2 is 1.78 bits per heavy atom. The molecule has 27 heavy (non-hydrogen) atoms. The van der Waals surface area contributed by atoms with Crippen LogP contribution in [0.25, 0.3) is 16.8 Å². The fourth-order valence-electron chi connectivity index (χ4n) is 3.50. The molecule has 1 aliphatic carbocycles. The molecule has 3 aromatic heterocycles. The van der Waals surface area contributed by atoms with E-state index in [1.807, 2.05) is 47.4 Å². The third-order valence-corrected chi connectivity index (χ3v) is 5.03. The van der Waals surface area contributed by atoms with Gasteiger partial charge in [0.2, 0.25) is 0 Å². The van der Waals surface area contributed by atoms with Crippen LogP contribution >= 0.6 is 0 Å². The van der Waals surface area contributed by atoms with Crippen molar-refractivity contribution < 1.29 is 0 Å². The number of fused-ring (bicyclic) bond motifs is 1. The van der Waals surface area contributed by atoms with Crippen molar-refractivity contribution in [1.82, 2.24) is 24.5 Å². The van der Waals surface area contributed by atoms with Crippen molar-refractivity contribution in [2.24, 2.45) is 0 Å². The van der Waals surface area contributed by atoms with E-state index in [1.54, 1.807) is 0 Å². The van der Waals surface area contributed by atoms with Crippen LogP contribution in [0, 0.1) is 0 Å². The van der Waals surface area contributed by atoms with Crippen molar-refractivity contribution in [1.29, 1.82) is 0 Å². The van der Waals surface area contributed by atoms with Gasteiger partial charge in [-0.3, -0.25) is 9.88 Å². The lowest BCUT2D eigenvalue weighted by atomic mass is 10.1. The number of benzene rings is 1. The molecule has 0 amide bonds. The van der Waals surface area contributed by atoms with Crippen molar-refractivity contribution in [2.75, 3.05) is 0 Å². The summed E-state index contributed by atoms with van der Waals surface area (Å²) < 4.78 is 1.89. The quantitative estimate of drug-likeness (QED) is 0.525. The fraction of sp³-hybridized carbons (Fsp3) is 0.227. The van der Waals surface area contributed by atoms with Gasteiger partial charge in [-0.15, -0.1) is 0 Å².